The van der Waals surface area contributed by atoms with Crippen LogP contribution in [-0.4, -0.2) is 31.6 Å². The normalized spacial score (nSPS) is 12.5. The smallest absolute Gasteiger partial charge is 0.417 e. The number of hydrogen-bond acceptors (Lipinski definition) is 6. The average molecular weight is 408 g/mol. The maximum atomic E-state index is 13.2. The van der Waals surface area contributed by atoms with Crippen LogP contribution >= 0.6 is 0 Å². The van der Waals surface area contributed by atoms with Crippen LogP contribution < -0.4 is 0 Å². The summed E-state index contributed by atoms with van der Waals surface area (Å²) in [6.45, 7) is 1.31. The van der Waals surface area contributed by atoms with Crippen LogP contribution in [0.5, 0.6) is 0 Å². The number of nitrogens with zero attached hydrogens (tertiary/aromatic N) is 2. The van der Waals surface area contributed by atoms with Gasteiger partial charge in [-0.15, -0.1) is 0 Å². The highest BCUT2D eigenvalue weighted by Crippen LogP contribution is 2.32. The van der Waals surface area contributed by atoms with Gasteiger partial charge in [-0.1, -0.05) is 52.8 Å². The SMILES string of the molecule is CO/N=C(/C(=O)OC)c1ccccc1CO/N=C(\C)c1ccccc1C(F)(F)F. The lowest BCUT2D eigenvalue weighted by molar-refractivity contribution is -0.137. The van der Waals surface area contributed by atoms with E-state index in [1.165, 1.54) is 39.3 Å². The summed E-state index contributed by atoms with van der Waals surface area (Å²) in [6.07, 6.45) is -4.51. The van der Waals surface area contributed by atoms with Crippen molar-refractivity contribution in [3.8, 4) is 0 Å². The molecule has 2 aromatic rings. The van der Waals surface area contributed by atoms with Crippen LogP contribution in [0.2, 0.25) is 0 Å². The lowest BCUT2D eigenvalue weighted by Gasteiger charge is -2.12. The second-order valence-electron chi connectivity index (χ2n) is 5.76. The number of halogens is 3. The second kappa shape index (κ2) is 9.72. The zero-order valence-electron chi connectivity index (χ0n) is 16.0. The van der Waals surface area contributed by atoms with E-state index in [0.29, 0.717) is 11.1 Å². The maximum Gasteiger partial charge on any atom is 0.417 e. The van der Waals surface area contributed by atoms with Crippen LogP contribution in [-0.2, 0) is 32.0 Å². The lowest BCUT2D eigenvalue weighted by atomic mass is 10.0. The van der Waals surface area contributed by atoms with Gasteiger partial charge in [0, 0.05) is 16.7 Å². The first-order chi connectivity index (χ1) is 13.8. The van der Waals surface area contributed by atoms with Crippen molar-refractivity contribution in [3.05, 3.63) is 70.8 Å². The summed E-state index contributed by atoms with van der Waals surface area (Å²) >= 11 is 0. The Bertz CT molecular complexity index is 924. The zero-order chi connectivity index (χ0) is 21.4. The molecule has 2 rings (SSSR count). The first kappa shape index (κ1) is 21.9. The lowest BCUT2D eigenvalue weighted by Crippen LogP contribution is -2.19. The van der Waals surface area contributed by atoms with Gasteiger partial charge in [0.05, 0.1) is 18.4 Å². The van der Waals surface area contributed by atoms with E-state index in [0.717, 1.165) is 6.07 Å². The van der Waals surface area contributed by atoms with Gasteiger partial charge in [-0.05, 0) is 13.0 Å². The second-order valence-corrected chi connectivity index (χ2v) is 5.76. The number of esters is 1. The molecule has 0 fully saturated rings. The molecule has 0 atom stereocenters. The number of carbonyl (C=O) groups excluding carboxylic acids is 1. The van der Waals surface area contributed by atoms with Gasteiger partial charge < -0.3 is 14.4 Å². The fraction of sp³-hybridized carbons (Fsp3) is 0.250. The molecular weight excluding hydrogens is 389 g/mol. The largest absolute Gasteiger partial charge is 0.464 e. The van der Waals surface area contributed by atoms with Crippen molar-refractivity contribution in [2.45, 2.75) is 19.7 Å². The Morgan fingerprint density at radius 1 is 0.966 bits per heavy atom. The summed E-state index contributed by atoms with van der Waals surface area (Å²) in [5.74, 6) is -0.710. The molecule has 0 heterocycles. The van der Waals surface area contributed by atoms with E-state index in [-0.39, 0.29) is 23.6 Å². The molecule has 0 spiro atoms. The van der Waals surface area contributed by atoms with Crippen LogP contribution in [0.4, 0.5) is 13.2 Å². The summed E-state index contributed by atoms with van der Waals surface area (Å²) in [5, 5.41) is 7.49. The Hall–Kier alpha value is -3.36. The van der Waals surface area contributed by atoms with Crippen LogP contribution in [0, 0.1) is 0 Å². The molecule has 0 aliphatic rings. The number of oxime groups is 2. The van der Waals surface area contributed by atoms with Crippen molar-refractivity contribution >= 4 is 17.4 Å². The summed E-state index contributed by atoms with van der Waals surface area (Å²) in [4.78, 5) is 21.9. The maximum absolute atomic E-state index is 13.2. The molecule has 154 valence electrons. The Morgan fingerprint density at radius 2 is 1.59 bits per heavy atom. The van der Waals surface area contributed by atoms with Crippen molar-refractivity contribution in [3.63, 3.8) is 0 Å². The monoisotopic (exact) mass is 408 g/mol. The minimum Gasteiger partial charge on any atom is -0.464 e. The van der Waals surface area contributed by atoms with Crippen LogP contribution in [0.15, 0.2) is 58.8 Å². The number of rotatable bonds is 7. The number of hydrogen-bond donors (Lipinski definition) is 0. The van der Waals surface area contributed by atoms with Gasteiger partial charge in [-0.3, -0.25) is 0 Å². The van der Waals surface area contributed by atoms with Crippen molar-refractivity contribution in [1.82, 2.24) is 0 Å². The first-order valence-corrected chi connectivity index (χ1v) is 8.40. The van der Waals surface area contributed by atoms with Gasteiger partial charge in [0.2, 0.25) is 0 Å². The molecule has 0 radical (unpaired) electrons. The number of methoxy groups -OCH3 is 1. The van der Waals surface area contributed by atoms with Crippen molar-refractivity contribution < 1.29 is 32.4 Å². The van der Waals surface area contributed by atoms with Crippen molar-refractivity contribution in [2.75, 3.05) is 14.2 Å². The molecule has 0 aromatic heterocycles. The topological polar surface area (TPSA) is 69.5 Å². The van der Waals surface area contributed by atoms with Gasteiger partial charge in [0.25, 0.3) is 0 Å². The average Bonchev–Trinajstić information content (AvgIpc) is 2.71. The third-order valence-electron chi connectivity index (χ3n) is 3.88. The molecule has 29 heavy (non-hydrogen) atoms. The third-order valence-corrected chi connectivity index (χ3v) is 3.88. The van der Waals surface area contributed by atoms with Gasteiger partial charge in [-0.2, -0.15) is 13.2 Å². The molecule has 0 bridgehead atoms. The first-order valence-electron chi connectivity index (χ1n) is 8.40. The quantitative estimate of drug-likeness (QED) is 0.392. The third kappa shape index (κ3) is 5.56. The van der Waals surface area contributed by atoms with E-state index < -0.39 is 17.7 Å². The Balaban J connectivity index is 2.26. The number of alkyl halides is 3. The highest BCUT2D eigenvalue weighted by atomic mass is 19.4. The van der Waals surface area contributed by atoms with E-state index in [4.69, 9.17) is 14.4 Å². The van der Waals surface area contributed by atoms with E-state index in [9.17, 15) is 18.0 Å². The minimum absolute atomic E-state index is 0.0640. The van der Waals surface area contributed by atoms with Gasteiger partial charge in [0.1, 0.15) is 13.7 Å². The fourth-order valence-corrected chi connectivity index (χ4v) is 2.56. The number of carbonyl (C=O) groups is 1. The summed E-state index contributed by atoms with van der Waals surface area (Å²) in [7, 11) is 2.49. The molecule has 0 saturated carbocycles. The molecule has 9 heteroatoms. The summed E-state index contributed by atoms with van der Waals surface area (Å²) in [5.41, 5.74) is 0.0283. The minimum atomic E-state index is -4.51. The van der Waals surface area contributed by atoms with Crippen molar-refractivity contribution in [1.29, 1.82) is 0 Å². The fourth-order valence-electron chi connectivity index (χ4n) is 2.56. The molecule has 0 aliphatic heterocycles. The molecule has 6 nitrogen and oxygen atoms in total. The molecule has 2 aromatic carbocycles. The predicted octanol–water partition coefficient (Wildman–Crippen LogP) is 4.17. The highest BCUT2D eigenvalue weighted by Gasteiger charge is 2.33. The van der Waals surface area contributed by atoms with Crippen molar-refractivity contribution in [2.24, 2.45) is 10.3 Å². The highest BCUT2D eigenvalue weighted by molar-refractivity contribution is 6.43. The van der Waals surface area contributed by atoms with Crippen LogP contribution in [0.1, 0.15) is 29.2 Å². The van der Waals surface area contributed by atoms with E-state index in [1.54, 1.807) is 24.3 Å². The van der Waals surface area contributed by atoms with Gasteiger partial charge >= 0.3 is 12.1 Å². The Kier molecular flexibility index (Phi) is 7.35. The number of benzene rings is 2. The number of ether oxygens (including phenoxy) is 1. The Morgan fingerprint density at radius 3 is 2.21 bits per heavy atom. The van der Waals surface area contributed by atoms with Gasteiger partial charge in [-0.25, -0.2) is 4.79 Å². The standard InChI is InChI=1S/C20H19F3N2O4/c1-13(15-9-6-7-11-17(15)20(21,22)23)24-29-12-14-8-4-5-10-16(14)18(25-28-3)19(26)27-2/h4-11H,12H2,1-3H3/b24-13+,25-18+. The molecule has 0 unspecified atom stereocenters. The molecular formula is C20H19F3N2O4. The van der Waals surface area contributed by atoms with Crippen LogP contribution in [0.3, 0.4) is 0 Å². The summed E-state index contributed by atoms with van der Waals surface area (Å²) < 4.78 is 44.2. The van der Waals surface area contributed by atoms with Gasteiger partial charge in [0.15, 0.2) is 5.71 Å². The Labute approximate surface area is 165 Å². The molecule has 0 amide bonds. The summed E-state index contributed by atoms with van der Waals surface area (Å²) in [6, 6.07) is 11.8. The molecule has 0 N–H and O–H groups in total. The van der Waals surface area contributed by atoms with E-state index >= 15 is 0 Å². The molecule has 0 saturated heterocycles. The van der Waals surface area contributed by atoms with Crippen LogP contribution in [0.25, 0.3) is 0 Å². The van der Waals surface area contributed by atoms with E-state index in [2.05, 4.69) is 10.3 Å². The zero-order valence-corrected chi connectivity index (χ0v) is 16.0. The molecule has 0 aliphatic carbocycles. The van der Waals surface area contributed by atoms with E-state index in [1.807, 2.05) is 0 Å². The predicted molar refractivity (Wildman–Crippen MR) is 100 cm³/mol.